The number of primary amides is 1. The summed E-state index contributed by atoms with van der Waals surface area (Å²) in [5.41, 5.74) is 4.84. The zero-order valence-electron chi connectivity index (χ0n) is 7.23. The normalized spacial score (nSPS) is 9.85. The van der Waals surface area contributed by atoms with Crippen molar-refractivity contribution in [1.82, 2.24) is 0 Å². The molecule has 0 unspecified atom stereocenters. The quantitative estimate of drug-likeness (QED) is 0.615. The van der Waals surface area contributed by atoms with Crippen LogP contribution in [0.1, 0.15) is 26.2 Å². The van der Waals surface area contributed by atoms with Gasteiger partial charge in [0.05, 0.1) is 0 Å². The first-order chi connectivity index (χ1) is 5.83. The minimum Gasteiger partial charge on any atom is -0.370 e. The summed E-state index contributed by atoms with van der Waals surface area (Å²) < 4.78 is -1.72. The number of nitrogens with two attached hydrogens (primary N) is 1. The molecule has 0 spiro atoms. The van der Waals surface area contributed by atoms with Crippen LogP contribution in [0, 0.1) is 0 Å². The van der Waals surface area contributed by atoms with Crippen molar-refractivity contribution in [3.05, 3.63) is 0 Å². The summed E-state index contributed by atoms with van der Waals surface area (Å²) in [5.74, 6) is -0.193. The molecule has 0 aliphatic carbocycles. The summed E-state index contributed by atoms with van der Waals surface area (Å²) >= 11 is 14.6. The topological polar surface area (TPSA) is 60.2 Å². The van der Waals surface area contributed by atoms with Crippen LogP contribution >= 0.6 is 34.8 Å². The standard InChI is InChI=1S/C5H11NO.C2HCl3O/c1-2-3-4-5(6)7;3-2(4,5)1-6/h2-4H2,1H3,(H2,6,7);1H. The molecule has 0 saturated heterocycles. The highest BCUT2D eigenvalue weighted by Crippen LogP contribution is 2.21. The third kappa shape index (κ3) is 24.5. The number of halogens is 3. The van der Waals surface area contributed by atoms with Crippen molar-refractivity contribution < 1.29 is 9.59 Å². The minimum absolute atomic E-state index is 0.193. The Labute approximate surface area is 92.5 Å². The van der Waals surface area contributed by atoms with Crippen LogP contribution in [0.4, 0.5) is 0 Å². The molecule has 0 bridgehead atoms. The van der Waals surface area contributed by atoms with Gasteiger partial charge in [-0.2, -0.15) is 0 Å². The van der Waals surface area contributed by atoms with Gasteiger partial charge in [-0.25, -0.2) is 0 Å². The zero-order valence-corrected chi connectivity index (χ0v) is 9.49. The van der Waals surface area contributed by atoms with Crippen molar-refractivity contribution in [2.75, 3.05) is 0 Å². The Kier molecular flexibility index (Phi) is 10.2. The summed E-state index contributed by atoms with van der Waals surface area (Å²) in [5, 5.41) is 0. The van der Waals surface area contributed by atoms with Gasteiger partial charge in [0.25, 0.3) is 0 Å². The van der Waals surface area contributed by atoms with E-state index < -0.39 is 3.79 Å². The molecule has 0 radical (unpaired) electrons. The maximum atomic E-state index is 9.98. The summed E-state index contributed by atoms with van der Waals surface area (Å²) in [4.78, 5) is 19.4. The Morgan fingerprint density at radius 2 is 1.85 bits per heavy atom. The SMILES string of the molecule is CCCCC(N)=O.O=CC(Cl)(Cl)Cl. The van der Waals surface area contributed by atoms with E-state index in [4.69, 9.17) is 40.5 Å². The number of hydrogen-bond acceptors (Lipinski definition) is 2. The molecule has 0 aliphatic rings. The first kappa shape index (κ1) is 15.5. The molecule has 78 valence electrons. The van der Waals surface area contributed by atoms with Crippen LogP contribution in [0.5, 0.6) is 0 Å². The number of carbonyl (C=O) groups is 2. The van der Waals surface area contributed by atoms with Gasteiger partial charge in [-0.15, -0.1) is 0 Å². The average molecular weight is 249 g/mol. The Balaban J connectivity index is 0. The molecule has 0 aromatic heterocycles. The van der Waals surface area contributed by atoms with Crippen molar-refractivity contribution in [2.45, 2.75) is 30.0 Å². The molecule has 1 amide bonds. The molecule has 6 heteroatoms. The molecular weight excluding hydrogens is 236 g/mol. The highest BCUT2D eigenvalue weighted by atomic mass is 35.6. The number of rotatable bonds is 3. The number of alkyl halides is 3. The minimum atomic E-state index is -1.72. The van der Waals surface area contributed by atoms with Crippen LogP contribution in [0.3, 0.4) is 0 Å². The average Bonchev–Trinajstić information content (AvgIpc) is 2.01. The van der Waals surface area contributed by atoms with Crippen LogP contribution in [-0.4, -0.2) is 16.0 Å². The van der Waals surface area contributed by atoms with E-state index in [1.54, 1.807) is 0 Å². The lowest BCUT2D eigenvalue weighted by molar-refractivity contribution is -0.118. The van der Waals surface area contributed by atoms with E-state index in [1.807, 2.05) is 6.92 Å². The van der Waals surface area contributed by atoms with Gasteiger partial charge in [0.15, 0.2) is 6.29 Å². The van der Waals surface area contributed by atoms with E-state index in [1.165, 1.54) is 0 Å². The van der Waals surface area contributed by atoms with Gasteiger partial charge in [-0.05, 0) is 6.42 Å². The molecule has 0 aromatic carbocycles. The number of carbonyl (C=O) groups excluding carboxylic acids is 2. The lowest BCUT2D eigenvalue weighted by atomic mass is 10.2. The Hall–Kier alpha value is 0.01000. The van der Waals surface area contributed by atoms with Gasteiger partial charge >= 0.3 is 0 Å². The molecule has 0 heterocycles. The summed E-state index contributed by atoms with van der Waals surface area (Å²) in [6.07, 6.45) is 2.74. The Morgan fingerprint density at radius 3 is 1.92 bits per heavy atom. The van der Waals surface area contributed by atoms with Gasteiger partial charge in [-0.1, -0.05) is 48.1 Å². The Bertz CT molecular complexity index is 156. The van der Waals surface area contributed by atoms with E-state index in [2.05, 4.69) is 0 Å². The summed E-state index contributed by atoms with van der Waals surface area (Å²) in [6.45, 7) is 2.03. The molecule has 3 nitrogen and oxygen atoms in total. The van der Waals surface area contributed by atoms with Crippen molar-refractivity contribution in [3.63, 3.8) is 0 Å². The molecule has 0 fully saturated rings. The second kappa shape index (κ2) is 8.60. The van der Waals surface area contributed by atoms with Crippen LogP contribution in [0.15, 0.2) is 0 Å². The predicted molar refractivity (Wildman–Crippen MR) is 55.1 cm³/mol. The molecule has 0 saturated carbocycles. The van der Waals surface area contributed by atoms with Crippen molar-refractivity contribution in [3.8, 4) is 0 Å². The van der Waals surface area contributed by atoms with Gasteiger partial charge in [-0.3, -0.25) is 9.59 Å². The van der Waals surface area contributed by atoms with Gasteiger partial charge in [0.1, 0.15) is 0 Å². The van der Waals surface area contributed by atoms with Crippen LogP contribution in [0.2, 0.25) is 0 Å². The maximum absolute atomic E-state index is 9.98. The van der Waals surface area contributed by atoms with Gasteiger partial charge in [0, 0.05) is 6.42 Å². The molecule has 0 rings (SSSR count). The van der Waals surface area contributed by atoms with E-state index >= 15 is 0 Å². The molecule has 0 aromatic rings. The first-order valence-electron chi connectivity index (χ1n) is 3.64. The lowest BCUT2D eigenvalue weighted by Gasteiger charge is -1.93. The maximum Gasteiger partial charge on any atom is 0.245 e. The largest absolute Gasteiger partial charge is 0.370 e. The number of hydrogen-bond donors (Lipinski definition) is 1. The summed E-state index contributed by atoms with van der Waals surface area (Å²) in [7, 11) is 0. The molecule has 0 aliphatic heterocycles. The van der Waals surface area contributed by atoms with E-state index in [9.17, 15) is 9.59 Å². The van der Waals surface area contributed by atoms with Crippen molar-refractivity contribution in [2.24, 2.45) is 5.73 Å². The third-order valence-electron chi connectivity index (χ3n) is 0.910. The highest BCUT2D eigenvalue weighted by molar-refractivity contribution is 6.74. The number of aldehydes is 1. The third-order valence-corrected chi connectivity index (χ3v) is 1.18. The second-order valence-electron chi connectivity index (χ2n) is 2.23. The van der Waals surface area contributed by atoms with Gasteiger partial charge < -0.3 is 5.73 Å². The van der Waals surface area contributed by atoms with E-state index in [0.717, 1.165) is 12.8 Å². The van der Waals surface area contributed by atoms with Gasteiger partial charge in [0.2, 0.25) is 9.70 Å². The zero-order chi connectivity index (χ0) is 10.9. The molecule has 13 heavy (non-hydrogen) atoms. The number of amides is 1. The highest BCUT2D eigenvalue weighted by Gasteiger charge is 2.16. The fraction of sp³-hybridized carbons (Fsp3) is 0.714. The van der Waals surface area contributed by atoms with E-state index in [0.29, 0.717) is 6.42 Å². The fourth-order valence-electron chi connectivity index (χ4n) is 0.351. The van der Waals surface area contributed by atoms with Crippen molar-refractivity contribution >= 4 is 47.0 Å². The van der Waals surface area contributed by atoms with Crippen LogP contribution in [0.25, 0.3) is 0 Å². The first-order valence-corrected chi connectivity index (χ1v) is 4.78. The smallest absolute Gasteiger partial charge is 0.245 e. The fourth-order valence-corrected chi connectivity index (χ4v) is 0.351. The van der Waals surface area contributed by atoms with E-state index in [-0.39, 0.29) is 12.2 Å². The van der Waals surface area contributed by atoms with Crippen molar-refractivity contribution in [1.29, 1.82) is 0 Å². The Morgan fingerprint density at radius 1 is 1.46 bits per heavy atom. The van der Waals surface area contributed by atoms with Crippen LogP contribution in [-0.2, 0) is 9.59 Å². The number of unbranched alkanes of at least 4 members (excludes halogenated alkanes) is 1. The molecule has 0 atom stereocenters. The summed E-state index contributed by atoms with van der Waals surface area (Å²) in [6, 6.07) is 0. The second-order valence-corrected chi connectivity index (χ2v) is 4.60. The predicted octanol–water partition coefficient (Wildman–Crippen LogP) is 2.22. The molecule has 2 N–H and O–H groups in total. The lowest BCUT2D eigenvalue weighted by Crippen LogP contribution is -2.09. The monoisotopic (exact) mass is 247 g/mol. The van der Waals surface area contributed by atoms with Crippen LogP contribution < -0.4 is 5.73 Å². The molecular formula is C7H12Cl3NO2.